The molecule has 10 aromatic rings. The predicted octanol–water partition coefficient (Wildman–Crippen LogP) is 11.1. The second kappa shape index (κ2) is 10.7. The summed E-state index contributed by atoms with van der Waals surface area (Å²) >= 11 is 0. The lowest BCUT2D eigenvalue weighted by molar-refractivity contribution is 0.673. The van der Waals surface area contributed by atoms with Crippen molar-refractivity contribution in [3.05, 3.63) is 156 Å². The fraction of sp³-hybridized carbons (Fsp3) is 0. The first-order valence-electron chi connectivity index (χ1n) is 16.5. The van der Waals surface area contributed by atoms with Gasteiger partial charge in [0.15, 0.2) is 0 Å². The van der Waals surface area contributed by atoms with Crippen LogP contribution in [-0.2, 0) is 0 Å². The van der Waals surface area contributed by atoms with E-state index in [0.29, 0.717) is 39.2 Å². The molecule has 234 valence electrons. The van der Waals surface area contributed by atoms with Gasteiger partial charge in [-0.2, -0.15) is 15.8 Å². The number of nitrogens with zero attached hydrogens (tertiary/aromatic N) is 5. The molecule has 0 aliphatic rings. The van der Waals surface area contributed by atoms with E-state index in [-0.39, 0.29) is 0 Å². The van der Waals surface area contributed by atoms with Crippen molar-refractivity contribution in [3.63, 3.8) is 0 Å². The highest BCUT2D eigenvalue weighted by molar-refractivity contribution is 6.24. The van der Waals surface area contributed by atoms with Gasteiger partial charge in [-0.25, -0.2) is 0 Å². The molecule has 0 N–H and O–H groups in total. The third-order valence-electron chi connectivity index (χ3n) is 10.0. The van der Waals surface area contributed by atoms with E-state index in [2.05, 4.69) is 69.8 Å². The van der Waals surface area contributed by atoms with Crippen molar-refractivity contribution < 1.29 is 4.42 Å². The SMILES string of the molecule is N#Cc1cc(-n2c3ccccc3c3ccccc32)c(C#N)cc1-c1ccc(-n2c3ccccc3c3c4oc5ccccc5c4ccc32)c(C#N)c1. The molecular weight excluding hydrogens is 627 g/mol. The number of hydrogen-bond donors (Lipinski definition) is 0. The topological polar surface area (TPSA) is 94.4 Å². The summed E-state index contributed by atoms with van der Waals surface area (Å²) in [7, 11) is 0. The minimum Gasteiger partial charge on any atom is -0.455 e. The Bertz CT molecular complexity index is 3190. The number of aromatic nitrogens is 2. The van der Waals surface area contributed by atoms with Crippen LogP contribution in [0.4, 0.5) is 0 Å². The standard InChI is InChI=1S/C45H23N5O/c46-24-28-23-42(50-38-13-5-1-9-31(38)32-10-2-6-14-39(32)50)30(26-48)22-36(28)27-17-19-37(29(21-27)25-47)49-40-15-7-3-12-35(40)44-41(49)20-18-34-33-11-4-8-16-43(33)51-45(34)44/h1-23H. The quantitative estimate of drug-likeness (QED) is 0.190. The molecule has 0 atom stereocenters. The number of rotatable bonds is 3. The van der Waals surface area contributed by atoms with E-state index in [9.17, 15) is 15.8 Å². The summed E-state index contributed by atoms with van der Waals surface area (Å²) in [5.41, 5.74) is 9.30. The number of benzene rings is 7. The maximum Gasteiger partial charge on any atom is 0.145 e. The lowest BCUT2D eigenvalue weighted by Crippen LogP contribution is -2.01. The van der Waals surface area contributed by atoms with Gasteiger partial charge >= 0.3 is 0 Å². The molecule has 6 heteroatoms. The molecule has 0 radical (unpaired) electrons. The zero-order valence-corrected chi connectivity index (χ0v) is 26.9. The smallest absolute Gasteiger partial charge is 0.145 e. The van der Waals surface area contributed by atoms with E-state index in [4.69, 9.17) is 4.42 Å². The van der Waals surface area contributed by atoms with Crippen molar-refractivity contribution in [2.75, 3.05) is 0 Å². The molecule has 0 saturated heterocycles. The molecule has 0 unspecified atom stereocenters. The maximum atomic E-state index is 10.6. The van der Waals surface area contributed by atoms with E-state index in [0.717, 1.165) is 65.6 Å². The number of nitriles is 3. The first-order valence-corrected chi connectivity index (χ1v) is 16.5. The average molecular weight is 650 g/mol. The van der Waals surface area contributed by atoms with Crippen LogP contribution < -0.4 is 0 Å². The van der Waals surface area contributed by atoms with Gasteiger partial charge in [0, 0.05) is 32.5 Å². The Hall–Kier alpha value is -7.59. The Morgan fingerprint density at radius 1 is 0.431 bits per heavy atom. The number of fused-ring (bicyclic) bond motifs is 10. The first-order chi connectivity index (χ1) is 25.2. The second-order valence-electron chi connectivity index (χ2n) is 12.6. The van der Waals surface area contributed by atoms with Crippen LogP contribution in [0.1, 0.15) is 16.7 Å². The van der Waals surface area contributed by atoms with Gasteiger partial charge in [-0.15, -0.1) is 0 Å². The number of hydrogen-bond acceptors (Lipinski definition) is 4. The van der Waals surface area contributed by atoms with Gasteiger partial charge in [0.1, 0.15) is 23.3 Å². The van der Waals surface area contributed by atoms with E-state index in [1.165, 1.54) is 0 Å². The van der Waals surface area contributed by atoms with E-state index in [1.807, 2.05) is 84.9 Å². The molecule has 10 rings (SSSR count). The van der Waals surface area contributed by atoms with Gasteiger partial charge in [-0.3, -0.25) is 0 Å². The van der Waals surface area contributed by atoms with Crippen LogP contribution in [0.5, 0.6) is 0 Å². The Morgan fingerprint density at radius 3 is 1.69 bits per heavy atom. The lowest BCUT2D eigenvalue weighted by Gasteiger charge is -2.15. The first kappa shape index (κ1) is 28.4. The van der Waals surface area contributed by atoms with Crippen LogP contribution in [0.15, 0.2) is 144 Å². The molecule has 0 spiro atoms. The van der Waals surface area contributed by atoms with Gasteiger partial charge < -0.3 is 13.6 Å². The highest BCUT2D eigenvalue weighted by Crippen LogP contribution is 2.42. The van der Waals surface area contributed by atoms with Crippen LogP contribution >= 0.6 is 0 Å². The van der Waals surface area contributed by atoms with Crippen LogP contribution in [0.2, 0.25) is 0 Å². The second-order valence-corrected chi connectivity index (χ2v) is 12.6. The summed E-state index contributed by atoms with van der Waals surface area (Å²) in [6, 6.07) is 53.0. The molecule has 6 nitrogen and oxygen atoms in total. The highest BCUT2D eigenvalue weighted by atomic mass is 16.3. The van der Waals surface area contributed by atoms with Gasteiger partial charge in [-0.1, -0.05) is 78.9 Å². The molecular formula is C45H23N5O. The van der Waals surface area contributed by atoms with Crippen molar-refractivity contribution in [2.24, 2.45) is 0 Å². The van der Waals surface area contributed by atoms with E-state index >= 15 is 0 Å². The average Bonchev–Trinajstić information content (AvgIpc) is 3.85. The monoisotopic (exact) mass is 649 g/mol. The van der Waals surface area contributed by atoms with Crippen molar-refractivity contribution in [3.8, 4) is 40.7 Å². The summed E-state index contributed by atoms with van der Waals surface area (Å²) in [6.07, 6.45) is 0. The lowest BCUT2D eigenvalue weighted by atomic mass is 9.95. The Kier molecular flexibility index (Phi) is 5.97. The highest BCUT2D eigenvalue weighted by Gasteiger charge is 2.22. The summed E-state index contributed by atoms with van der Waals surface area (Å²) in [6.45, 7) is 0. The maximum absolute atomic E-state index is 10.6. The van der Waals surface area contributed by atoms with Crippen molar-refractivity contribution in [2.45, 2.75) is 0 Å². The minimum atomic E-state index is 0.409. The molecule has 0 fully saturated rings. The Morgan fingerprint density at radius 2 is 1.00 bits per heavy atom. The normalized spacial score (nSPS) is 11.5. The van der Waals surface area contributed by atoms with E-state index < -0.39 is 0 Å². The summed E-state index contributed by atoms with van der Waals surface area (Å²) < 4.78 is 10.6. The molecule has 3 heterocycles. The van der Waals surface area contributed by atoms with Crippen molar-refractivity contribution in [1.82, 2.24) is 9.13 Å². The van der Waals surface area contributed by atoms with Crippen LogP contribution in [0.3, 0.4) is 0 Å². The number of para-hydroxylation sites is 4. The molecule has 51 heavy (non-hydrogen) atoms. The van der Waals surface area contributed by atoms with Crippen molar-refractivity contribution in [1.29, 1.82) is 15.8 Å². The minimum absolute atomic E-state index is 0.409. The Balaban J connectivity index is 1.18. The molecule has 0 aliphatic carbocycles. The number of furan rings is 1. The van der Waals surface area contributed by atoms with Crippen LogP contribution in [0, 0.1) is 34.0 Å². The predicted molar refractivity (Wildman–Crippen MR) is 202 cm³/mol. The zero-order chi connectivity index (χ0) is 34.2. The molecule has 0 saturated carbocycles. The fourth-order valence-corrected chi connectivity index (χ4v) is 7.86. The van der Waals surface area contributed by atoms with Crippen molar-refractivity contribution >= 4 is 65.6 Å². The molecule has 7 aromatic carbocycles. The molecule has 0 bridgehead atoms. The van der Waals surface area contributed by atoms with Gasteiger partial charge in [0.05, 0.1) is 61.6 Å². The fourth-order valence-electron chi connectivity index (χ4n) is 7.86. The largest absolute Gasteiger partial charge is 0.455 e. The van der Waals surface area contributed by atoms with E-state index in [1.54, 1.807) is 12.1 Å². The molecule has 0 amide bonds. The van der Waals surface area contributed by atoms with Gasteiger partial charge in [0.25, 0.3) is 0 Å². The Labute approximate surface area is 291 Å². The summed E-state index contributed by atoms with van der Waals surface area (Å²) in [5, 5.41) is 37.8. The molecule has 3 aromatic heterocycles. The van der Waals surface area contributed by atoms with Gasteiger partial charge in [-0.05, 0) is 66.2 Å². The third-order valence-corrected chi connectivity index (χ3v) is 10.0. The summed E-state index contributed by atoms with van der Waals surface area (Å²) in [4.78, 5) is 0. The zero-order valence-electron chi connectivity index (χ0n) is 26.9. The van der Waals surface area contributed by atoms with Crippen LogP contribution in [0.25, 0.3) is 88.1 Å². The molecule has 0 aliphatic heterocycles. The van der Waals surface area contributed by atoms with Crippen LogP contribution in [-0.4, -0.2) is 9.13 Å². The van der Waals surface area contributed by atoms with Gasteiger partial charge in [0.2, 0.25) is 0 Å². The summed E-state index contributed by atoms with van der Waals surface area (Å²) in [5.74, 6) is 0. The third kappa shape index (κ3) is 3.95.